The maximum absolute atomic E-state index is 9.48. The van der Waals surface area contributed by atoms with Crippen LogP contribution >= 0.6 is 0 Å². The topological polar surface area (TPSA) is 20.2 Å². The van der Waals surface area contributed by atoms with Gasteiger partial charge in [-0.05, 0) is 0 Å². The summed E-state index contributed by atoms with van der Waals surface area (Å²) in [7, 11) is 0. The van der Waals surface area contributed by atoms with Crippen LogP contribution in [0.25, 0.3) is 0 Å². The third-order valence-electron chi connectivity index (χ3n) is 1.77. The van der Waals surface area contributed by atoms with Gasteiger partial charge in [0.2, 0.25) is 0 Å². The zero-order valence-corrected chi connectivity index (χ0v) is 12.6. The van der Waals surface area contributed by atoms with Gasteiger partial charge in [0.15, 0.2) is 0 Å². The molecule has 14 heavy (non-hydrogen) atoms. The van der Waals surface area contributed by atoms with Crippen LogP contribution in [0, 0.1) is 5.41 Å². The molecule has 0 rings (SSSR count). The van der Waals surface area contributed by atoms with E-state index in [0.717, 1.165) is 0 Å². The van der Waals surface area contributed by atoms with Gasteiger partial charge >= 0.3 is 98.3 Å². The SMILES string of the molecule is CC(C)(O)C=C/C=C(\[CH]=[W])C(C)(C)C. The fourth-order valence-corrected chi connectivity index (χ4v) is 2.41. The van der Waals surface area contributed by atoms with Crippen molar-refractivity contribution in [2.24, 2.45) is 5.41 Å². The molecule has 0 aromatic heterocycles. The zero-order chi connectivity index (χ0) is 11.4. The standard InChI is InChI=1S/C12H20O.W/c1-10(11(2,3)4)8-7-9-12(5,6)13;/h1,7-9,13H,2-6H3;/b9-7?,10-8+;. The Morgan fingerprint density at radius 1 is 1.14 bits per heavy atom. The van der Waals surface area contributed by atoms with Crippen LogP contribution in [0.1, 0.15) is 34.6 Å². The molecule has 1 nitrogen and oxygen atoms in total. The first-order chi connectivity index (χ1) is 6.17. The molecule has 80 valence electrons. The molecule has 0 bridgehead atoms. The molecule has 0 aliphatic rings. The van der Waals surface area contributed by atoms with Crippen molar-refractivity contribution in [3.63, 3.8) is 0 Å². The molecule has 0 saturated carbocycles. The van der Waals surface area contributed by atoms with Gasteiger partial charge in [0.05, 0.1) is 0 Å². The summed E-state index contributed by atoms with van der Waals surface area (Å²) >= 11 is 1.46. The van der Waals surface area contributed by atoms with Crippen LogP contribution in [0.3, 0.4) is 0 Å². The summed E-state index contributed by atoms with van der Waals surface area (Å²) < 4.78 is 2.19. The predicted octanol–water partition coefficient (Wildman–Crippen LogP) is 2.64. The van der Waals surface area contributed by atoms with Crippen molar-refractivity contribution in [2.45, 2.75) is 40.2 Å². The van der Waals surface area contributed by atoms with Gasteiger partial charge in [-0.2, -0.15) is 0 Å². The second-order valence-electron chi connectivity index (χ2n) is 5.00. The first-order valence-electron chi connectivity index (χ1n) is 4.74. The molecule has 0 radical (unpaired) electrons. The quantitative estimate of drug-likeness (QED) is 0.764. The first kappa shape index (κ1) is 14.0. The third-order valence-corrected chi connectivity index (χ3v) is 2.69. The molecule has 0 heterocycles. The number of hydrogen-bond acceptors (Lipinski definition) is 1. The number of hydrogen-bond donors (Lipinski definition) is 1. The summed E-state index contributed by atoms with van der Waals surface area (Å²) in [5, 5.41) is 9.48. The van der Waals surface area contributed by atoms with Crippen LogP contribution in [-0.4, -0.2) is 15.1 Å². The van der Waals surface area contributed by atoms with E-state index < -0.39 is 5.60 Å². The molecular weight excluding hydrogens is 344 g/mol. The molecule has 0 aromatic rings. The van der Waals surface area contributed by atoms with Crippen molar-refractivity contribution < 1.29 is 24.5 Å². The molecule has 0 spiro atoms. The van der Waals surface area contributed by atoms with Crippen molar-refractivity contribution in [2.75, 3.05) is 0 Å². The fourth-order valence-electron chi connectivity index (χ4n) is 0.853. The van der Waals surface area contributed by atoms with Crippen LogP contribution in [0.2, 0.25) is 0 Å². The molecule has 0 amide bonds. The monoisotopic (exact) mass is 364 g/mol. The number of rotatable bonds is 3. The number of aliphatic hydroxyl groups is 1. The zero-order valence-electron chi connectivity index (χ0n) is 9.66. The van der Waals surface area contributed by atoms with E-state index in [9.17, 15) is 5.11 Å². The Hall–Kier alpha value is -0.00169. The molecule has 0 saturated heterocycles. The van der Waals surface area contributed by atoms with E-state index in [2.05, 4.69) is 31.2 Å². The van der Waals surface area contributed by atoms with Gasteiger partial charge in [-0.25, -0.2) is 0 Å². The molecule has 0 aliphatic heterocycles. The summed E-state index contributed by atoms with van der Waals surface area (Å²) in [6.45, 7) is 10.1. The maximum atomic E-state index is 9.48. The normalized spacial score (nSPS) is 14.9. The van der Waals surface area contributed by atoms with E-state index in [1.54, 1.807) is 19.9 Å². The van der Waals surface area contributed by atoms with Crippen LogP contribution < -0.4 is 0 Å². The molecule has 0 unspecified atom stereocenters. The van der Waals surface area contributed by atoms with Gasteiger partial charge in [0.25, 0.3) is 0 Å². The summed E-state index contributed by atoms with van der Waals surface area (Å²) in [5.41, 5.74) is 0.777. The van der Waals surface area contributed by atoms with Crippen molar-refractivity contribution in [3.05, 3.63) is 23.8 Å². The molecule has 0 fully saturated rings. The van der Waals surface area contributed by atoms with Gasteiger partial charge in [-0.3, -0.25) is 0 Å². The van der Waals surface area contributed by atoms with E-state index in [1.165, 1.54) is 24.9 Å². The van der Waals surface area contributed by atoms with Crippen LogP contribution in [0.15, 0.2) is 23.8 Å². The summed E-state index contributed by atoms with van der Waals surface area (Å²) in [5.74, 6) is 0. The van der Waals surface area contributed by atoms with Crippen molar-refractivity contribution >= 4 is 4.40 Å². The molecule has 0 aromatic carbocycles. The van der Waals surface area contributed by atoms with Crippen molar-refractivity contribution in [1.82, 2.24) is 0 Å². The van der Waals surface area contributed by atoms with Gasteiger partial charge in [-0.1, -0.05) is 0 Å². The van der Waals surface area contributed by atoms with Crippen LogP contribution in [0.5, 0.6) is 0 Å². The second-order valence-corrected chi connectivity index (χ2v) is 5.85. The van der Waals surface area contributed by atoms with Gasteiger partial charge in [0, 0.05) is 0 Å². The first-order valence-corrected chi connectivity index (χ1v) is 6.44. The van der Waals surface area contributed by atoms with Gasteiger partial charge < -0.3 is 0 Å². The van der Waals surface area contributed by atoms with E-state index >= 15 is 0 Å². The second kappa shape index (κ2) is 5.18. The Morgan fingerprint density at radius 3 is 1.93 bits per heavy atom. The van der Waals surface area contributed by atoms with E-state index in [4.69, 9.17) is 0 Å². The Bertz CT molecular complexity index is 248. The molecule has 1 N–H and O–H groups in total. The average molecular weight is 364 g/mol. The summed E-state index contributed by atoms with van der Waals surface area (Å²) in [6.07, 6.45) is 5.81. The summed E-state index contributed by atoms with van der Waals surface area (Å²) in [6, 6.07) is 0. The average Bonchev–Trinajstić information content (AvgIpc) is 1.93. The van der Waals surface area contributed by atoms with E-state index in [0.29, 0.717) is 0 Å². The fraction of sp³-hybridized carbons (Fsp3) is 0.583. The minimum atomic E-state index is -0.722. The van der Waals surface area contributed by atoms with Crippen LogP contribution in [-0.2, 0) is 19.4 Å². The van der Waals surface area contributed by atoms with Gasteiger partial charge in [-0.15, -0.1) is 0 Å². The Labute approximate surface area is 98.3 Å². The van der Waals surface area contributed by atoms with Crippen LogP contribution in [0.4, 0.5) is 0 Å². The Balaban J connectivity index is 4.66. The Morgan fingerprint density at radius 2 is 1.64 bits per heavy atom. The molecule has 2 heteroatoms. The Kier molecular flexibility index (Phi) is 5.18. The van der Waals surface area contributed by atoms with E-state index in [-0.39, 0.29) is 5.41 Å². The molecular formula is C12H20OW. The molecule has 0 aliphatic carbocycles. The van der Waals surface area contributed by atoms with E-state index in [1.807, 2.05) is 6.08 Å². The summed E-state index contributed by atoms with van der Waals surface area (Å²) in [4.78, 5) is 0. The van der Waals surface area contributed by atoms with Crippen molar-refractivity contribution in [1.29, 1.82) is 0 Å². The van der Waals surface area contributed by atoms with Gasteiger partial charge in [0.1, 0.15) is 0 Å². The predicted molar refractivity (Wildman–Crippen MR) is 59.0 cm³/mol. The van der Waals surface area contributed by atoms with Crippen molar-refractivity contribution in [3.8, 4) is 0 Å². The molecule has 0 atom stereocenters. The number of allylic oxidation sites excluding steroid dienone is 3. The third kappa shape index (κ3) is 6.45. The minimum absolute atomic E-state index is 0.186.